The number of benzene rings is 3. The largest absolute Gasteiger partial charge is 0.458 e. The standard InChI is InChI=1S/C18H10BClO2/c20-13-7-3-6-12-18(13)22-16-10-4-9-15-17(16)19(12)11-5-1-2-8-14(11)21-15/h1-10H. The topological polar surface area (TPSA) is 18.5 Å². The molecule has 2 aliphatic heterocycles. The Morgan fingerprint density at radius 2 is 1.36 bits per heavy atom. The van der Waals surface area contributed by atoms with Crippen LogP contribution in [-0.4, -0.2) is 6.71 Å². The van der Waals surface area contributed by atoms with E-state index < -0.39 is 0 Å². The van der Waals surface area contributed by atoms with E-state index in [1.165, 1.54) is 0 Å². The number of hydrogen-bond donors (Lipinski definition) is 0. The van der Waals surface area contributed by atoms with E-state index in [0.29, 0.717) is 5.02 Å². The number of ether oxygens (including phenoxy) is 2. The molecule has 22 heavy (non-hydrogen) atoms. The Morgan fingerprint density at radius 1 is 0.682 bits per heavy atom. The molecular formula is C18H10BClO2. The van der Waals surface area contributed by atoms with E-state index in [0.717, 1.165) is 39.4 Å². The van der Waals surface area contributed by atoms with Gasteiger partial charge in [-0.05, 0) is 35.2 Å². The van der Waals surface area contributed by atoms with Crippen molar-refractivity contribution in [3.05, 3.63) is 65.7 Å². The molecule has 0 atom stereocenters. The van der Waals surface area contributed by atoms with Gasteiger partial charge in [-0.3, -0.25) is 0 Å². The van der Waals surface area contributed by atoms with Crippen LogP contribution in [-0.2, 0) is 0 Å². The van der Waals surface area contributed by atoms with Crippen LogP contribution < -0.4 is 25.9 Å². The van der Waals surface area contributed by atoms with E-state index in [2.05, 4.69) is 12.1 Å². The number of halogens is 1. The van der Waals surface area contributed by atoms with Crippen molar-refractivity contribution in [1.82, 2.24) is 0 Å². The molecule has 0 unspecified atom stereocenters. The summed E-state index contributed by atoms with van der Waals surface area (Å²) in [5.74, 6) is 3.31. The zero-order valence-corrected chi connectivity index (χ0v) is 12.3. The summed E-state index contributed by atoms with van der Waals surface area (Å²) in [4.78, 5) is 0. The van der Waals surface area contributed by atoms with Crippen LogP contribution in [0, 0.1) is 0 Å². The van der Waals surface area contributed by atoms with Crippen LogP contribution in [0.3, 0.4) is 0 Å². The van der Waals surface area contributed by atoms with Crippen LogP contribution in [0.1, 0.15) is 0 Å². The second kappa shape index (κ2) is 4.31. The normalized spacial score (nSPS) is 13.4. The average Bonchev–Trinajstić information content (AvgIpc) is 2.55. The van der Waals surface area contributed by atoms with Gasteiger partial charge < -0.3 is 9.47 Å². The van der Waals surface area contributed by atoms with E-state index in [1.807, 2.05) is 48.5 Å². The molecule has 0 N–H and O–H groups in total. The first-order valence-corrected chi connectivity index (χ1v) is 7.56. The zero-order chi connectivity index (χ0) is 14.7. The summed E-state index contributed by atoms with van der Waals surface area (Å²) >= 11 is 6.36. The van der Waals surface area contributed by atoms with Gasteiger partial charge in [0.05, 0.1) is 5.02 Å². The van der Waals surface area contributed by atoms with Crippen molar-refractivity contribution in [2.45, 2.75) is 0 Å². The molecule has 0 amide bonds. The van der Waals surface area contributed by atoms with Gasteiger partial charge in [0.25, 0.3) is 6.71 Å². The lowest BCUT2D eigenvalue weighted by Gasteiger charge is -2.32. The van der Waals surface area contributed by atoms with Crippen LogP contribution >= 0.6 is 11.6 Å². The highest BCUT2D eigenvalue weighted by molar-refractivity contribution is 6.98. The molecule has 104 valence electrons. The van der Waals surface area contributed by atoms with Crippen molar-refractivity contribution < 1.29 is 9.47 Å². The Labute approximate surface area is 133 Å². The minimum atomic E-state index is 0.0959. The fourth-order valence-corrected chi connectivity index (χ4v) is 3.59. The SMILES string of the molecule is Clc1cccc2c1Oc1cccc3c1B2c1ccccc1O3. The lowest BCUT2D eigenvalue weighted by molar-refractivity contribution is 0.464. The molecule has 0 radical (unpaired) electrons. The molecular weight excluding hydrogens is 294 g/mol. The Morgan fingerprint density at radius 3 is 2.27 bits per heavy atom. The highest BCUT2D eigenvalue weighted by Crippen LogP contribution is 2.36. The van der Waals surface area contributed by atoms with Crippen LogP contribution in [0.25, 0.3) is 0 Å². The molecule has 4 heteroatoms. The molecule has 2 aliphatic rings. The molecule has 0 saturated carbocycles. The Kier molecular flexibility index (Phi) is 2.39. The highest BCUT2D eigenvalue weighted by atomic mass is 35.5. The van der Waals surface area contributed by atoms with Crippen molar-refractivity contribution >= 4 is 34.7 Å². The summed E-state index contributed by atoms with van der Waals surface area (Å²) in [6.45, 7) is 0.0959. The summed E-state index contributed by atoms with van der Waals surface area (Å²) in [5.41, 5.74) is 3.31. The van der Waals surface area contributed by atoms with E-state index in [-0.39, 0.29) is 6.71 Å². The number of fused-ring (bicyclic) bond motifs is 4. The molecule has 0 fully saturated rings. The average molecular weight is 305 g/mol. The minimum absolute atomic E-state index is 0.0959. The first-order valence-electron chi connectivity index (χ1n) is 7.19. The van der Waals surface area contributed by atoms with Crippen molar-refractivity contribution in [1.29, 1.82) is 0 Å². The van der Waals surface area contributed by atoms with Gasteiger partial charge in [0.2, 0.25) is 0 Å². The summed E-state index contributed by atoms with van der Waals surface area (Å²) in [6, 6.07) is 19.9. The summed E-state index contributed by atoms with van der Waals surface area (Å²) in [5, 5.41) is 0.637. The Hall–Kier alpha value is -2.39. The molecule has 0 aliphatic carbocycles. The summed E-state index contributed by atoms with van der Waals surface area (Å²) in [6.07, 6.45) is 0. The molecule has 5 rings (SSSR count). The van der Waals surface area contributed by atoms with Crippen molar-refractivity contribution in [3.8, 4) is 23.0 Å². The van der Waals surface area contributed by atoms with Crippen LogP contribution in [0.5, 0.6) is 23.0 Å². The third-order valence-corrected chi connectivity index (χ3v) is 4.58. The molecule has 3 aromatic rings. The molecule has 3 aromatic carbocycles. The predicted molar refractivity (Wildman–Crippen MR) is 89.1 cm³/mol. The van der Waals surface area contributed by atoms with Crippen LogP contribution in [0.15, 0.2) is 60.7 Å². The first kappa shape index (κ1) is 12.2. The number of rotatable bonds is 0. The monoisotopic (exact) mass is 304 g/mol. The van der Waals surface area contributed by atoms with Gasteiger partial charge in [-0.15, -0.1) is 0 Å². The number of para-hydroxylation sites is 2. The second-order valence-corrected chi connectivity index (χ2v) is 5.91. The molecule has 0 spiro atoms. The van der Waals surface area contributed by atoms with Gasteiger partial charge >= 0.3 is 0 Å². The van der Waals surface area contributed by atoms with Gasteiger partial charge in [-0.1, -0.05) is 48.0 Å². The maximum absolute atomic E-state index is 6.36. The van der Waals surface area contributed by atoms with Gasteiger partial charge in [0.1, 0.15) is 23.0 Å². The fraction of sp³-hybridized carbons (Fsp3) is 0. The first-order chi connectivity index (χ1) is 10.8. The smallest absolute Gasteiger partial charge is 0.260 e. The molecule has 2 nitrogen and oxygen atoms in total. The lowest BCUT2D eigenvalue weighted by Crippen LogP contribution is -2.57. The van der Waals surface area contributed by atoms with Crippen molar-refractivity contribution in [2.24, 2.45) is 0 Å². The van der Waals surface area contributed by atoms with Crippen LogP contribution in [0.4, 0.5) is 0 Å². The van der Waals surface area contributed by atoms with Crippen LogP contribution in [0.2, 0.25) is 5.02 Å². The zero-order valence-electron chi connectivity index (χ0n) is 11.5. The van der Waals surface area contributed by atoms with E-state index >= 15 is 0 Å². The van der Waals surface area contributed by atoms with E-state index in [1.54, 1.807) is 0 Å². The van der Waals surface area contributed by atoms with Gasteiger partial charge in [-0.25, -0.2) is 0 Å². The molecule has 2 heterocycles. The fourth-order valence-electron chi connectivity index (χ4n) is 3.37. The molecule has 0 aromatic heterocycles. The third kappa shape index (κ3) is 1.52. The van der Waals surface area contributed by atoms with E-state index in [4.69, 9.17) is 21.1 Å². The maximum Gasteiger partial charge on any atom is 0.260 e. The Bertz CT molecular complexity index is 923. The third-order valence-electron chi connectivity index (χ3n) is 4.29. The predicted octanol–water partition coefficient (Wildman–Crippen LogP) is 3.07. The summed E-state index contributed by atoms with van der Waals surface area (Å²) < 4.78 is 12.1. The number of hydrogen-bond acceptors (Lipinski definition) is 2. The Balaban J connectivity index is 1.88. The van der Waals surface area contributed by atoms with Crippen molar-refractivity contribution in [2.75, 3.05) is 0 Å². The maximum atomic E-state index is 6.36. The highest BCUT2D eigenvalue weighted by Gasteiger charge is 2.40. The molecule has 0 saturated heterocycles. The van der Waals surface area contributed by atoms with E-state index in [9.17, 15) is 0 Å². The minimum Gasteiger partial charge on any atom is -0.458 e. The summed E-state index contributed by atoms with van der Waals surface area (Å²) in [7, 11) is 0. The van der Waals surface area contributed by atoms with Gasteiger partial charge in [0, 0.05) is 5.46 Å². The van der Waals surface area contributed by atoms with Crippen molar-refractivity contribution in [3.63, 3.8) is 0 Å². The quantitative estimate of drug-likeness (QED) is 0.409. The second-order valence-electron chi connectivity index (χ2n) is 5.50. The van der Waals surface area contributed by atoms with Gasteiger partial charge in [0.15, 0.2) is 0 Å². The molecule has 0 bridgehead atoms. The lowest BCUT2D eigenvalue weighted by atomic mass is 9.35. The van der Waals surface area contributed by atoms with Gasteiger partial charge in [-0.2, -0.15) is 0 Å².